The summed E-state index contributed by atoms with van der Waals surface area (Å²) in [7, 11) is 0. The number of nitrogens with two attached hydrogens (primary N) is 1. The number of hydrogen-bond acceptors (Lipinski definition) is 2. The average Bonchev–Trinajstić information content (AvgIpc) is 2.30. The summed E-state index contributed by atoms with van der Waals surface area (Å²) in [6.45, 7) is 11.5. The Labute approximate surface area is 106 Å². The highest BCUT2D eigenvalue weighted by atomic mass is 15.0. The van der Waals surface area contributed by atoms with Gasteiger partial charge in [-0.1, -0.05) is 19.1 Å². The Balaban J connectivity index is 2.99. The predicted octanol–water partition coefficient (Wildman–Crippen LogP) is 3.00. The van der Waals surface area contributed by atoms with Crippen LogP contribution in [0.5, 0.6) is 0 Å². The number of hydrogen-bond donors (Lipinski definition) is 2. The van der Waals surface area contributed by atoms with Crippen LogP contribution in [0.25, 0.3) is 0 Å². The lowest BCUT2D eigenvalue weighted by atomic mass is 9.95. The van der Waals surface area contributed by atoms with E-state index < -0.39 is 0 Å². The molecule has 2 heteroatoms. The molecule has 0 heterocycles. The molecule has 0 radical (unpaired) electrons. The van der Waals surface area contributed by atoms with Crippen molar-refractivity contribution in [1.29, 1.82) is 0 Å². The molecule has 3 N–H and O–H groups in total. The molecule has 0 amide bonds. The van der Waals surface area contributed by atoms with Gasteiger partial charge >= 0.3 is 0 Å². The van der Waals surface area contributed by atoms with Crippen LogP contribution in [0.1, 0.15) is 48.6 Å². The first-order valence-corrected chi connectivity index (χ1v) is 6.53. The molecule has 1 aromatic rings. The van der Waals surface area contributed by atoms with E-state index in [4.69, 9.17) is 5.73 Å². The molecule has 0 bridgehead atoms. The third kappa shape index (κ3) is 3.55. The lowest BCUT2D eigenvalue weighted by molar-refractivity contribution is 0.450. The monoisotopic (exact) mass is 234 g/mol. The van der Waals surface area contributed by atoms with Crippen LogP contribution in [0.15, 0.2) is 12.1 Å². The molecule has 0 aromatic heterocycles. The molecular weight excluding hydrogens is 208 g/mol. The van der Waals surface area contributed by atoms with Crippen molar-refractivity contribution in [3.63, 3.8) is 0 Å². The van der Waals surface area contributed by atoms with Crippen molar-refractivity contribution in [2.45, 2.75) is 53.1 Å². The molecule has 2 atom stereocenters. The van der Waals surface area contributed by atoms with Gasteiger partial charge in [-0.05, 0) is 56.4 Å². The largest absolute Gasteiger partial charge is 0.329 e. The van der Waals surface area contributed by atoms with Crippen LogP contribution < -0.4 is 11.1 Å². The maximum Gasteiger partial charge on any atom is 0.0449 e. The van der Waals surface area contributed by atoms with Crippen LogP contribution in [0.3, 0.4) is 0 Å². The lowest BCUT2D eigenvalue weighted by Gasteiger charge is -2.24. The normalized spacial score (nSPS) is 14.7. The Kier molecular flexibility index (Phi) is 5.16. The minimum Gasteiger partial charge on any atom is -0.329 e. The molecular formula is C15H26N2. The second kappa shape index (κ2) is 6.18. The van der Waals surface area contributed by atoms with Crippen molar-refractivity contribution in [3.8, 4) is 0 Å². The Morgan fingerprint density at radius 3 is 2.24 bits per heavy atom. The van der Waals surface area contributed by atoms with Crippen LogP contribution in [0.4, 0.5) is 0 Å². The first-order valence-electron chi connectivity index (χ1n) is 6.53. The number of benzene rings is 1. The Bertz CT molecular complexity index is 371. The van der Waals surface area contributed by atoms with Crippen molar-refractivity contribution in [1.82, 2.24) is 5.32 Å². The van der Waals surface area contributed by atoms with E-state index in [1.165, 1.54) is 22.3 Å². The highest BCUT2D eigenvalue weighted by Gasteiger charge is 2.14. The molecule has 1 rings (SSSR count). The summed E-state index contributed by atoms with van der Waals surface area (Å²) in [4.78, 5) is 0. The van der Waals surface area contributed by atoms with Crippen molar-refractivity contribution >= 4 is 0 Å². The fourth-order valence-corrected chi connectivity index (χ4v) is 2.10. The standard InChI is InChI=1S/C15H26N2/c1-6-13(5)17-15(9-16)14-8-11(3)10(2)7-12(14)4/h7-8,13,15,17H,6,9,16H2,1-5H3. The molecule has 1 aromatic carbocycles. The zero-order valence-corrected chi connectivity index (χ0v) is 11.8. The number of aryl methyl sites for hydroxylation is 3. The zero-order valence-electron chi connectivity index (χ0n) is 11.8. The molecule has 96 valence electrons. The summed E-state index contributed by atoms with van der Waals surface area (Å²) in [6.07, 6.45) is 1.13. The second-order valence-electron chi connectivity index (χ2n) is 5.06. The topological polar surface area (TPSA) is 38.0 Å². The van der Waals surface area contributed by atoms with Crippen molar-refractivity contribution in [2.75, 3.05) is 6.54 Å². The quantitative estimate of drug-likeness (QED) is 0.822. The molecule has 0 saturated heterocycles. The second-order valence-corrected chi connectivity index (χ2v) is 5.06. The molecule has 0 aliphatic rings. The van der Waals surface area contributed by atoms with Gasteiger partial charge in [0.2, 0.25) is 0 Å². The minimum absolute atomic E-state index is 0.268. The van der Waals surface area contributed by atoms with Crippen LogP contribution in [0, 0.1) is 20.8 Å². The summed E-state index contributed by atoms with van der Waals surface area (Å²) in [5, 5.41) is 3.60. The zero-order chi connectivity index (χ0) is 13.0. The highest BCUT2D eigenvalue weighted by molar-refractivity contribution is 5.38. The third-order valence-electron chi connectivity index (χ3n) is 3.59. The number of nitrogens with one attached hydrogen (secondary N) is 1. The summed E-state index contributed by atoms with van der Waals surface area (Å²) in [6, 6.07) is 5.30. The van der Waals surface area contributed by atoms with Gasteiger partial charge < -0.3 is 11.1 Å². The lowest BCUT2D eigenvalue weighted by Crippen LogP contribution is -2.35. The molecule has 17 heavy (non-hydrogen) atoms. The molecule has 2 nitrogen and oxygen atoms in total. The van der Waals surface area contributed by atoms with E-state index in [0.29, 0.717) is 12.6 Å². The minimum atomic E-state index is 0.268. The fourth-order valence-electron chi connectivity index (χ4n) is 2.10. The van der Waals surface area contributed by atoms with E-state index in [0.717, 1.165) is 6.42 Å². The van der Waals surface area contributed by atoms with Gasteiger partial charge in [0.15, 0.2) is 0 Å². The van der Waals surface area contributed by atoms with Crippen LogP contribution in [0.2, 0.25) is 0 Å². The maximum absolute atomic E-state index is 5.90. The van der Waals surface area contributed by atoms with Crippen LogP contribution >= 0.6 is 0 Å². The Hall–Kier alpha value is -0.860. The maximum atomic E-state index is 5.90. The Morgan fingerprint density at radius 1 is 1.12 bits per heavy atom. The van der Waals surface area contributed by atoms with Gasteiger partial charge in [0.25, 0.3) is 0 Å². The van der Waals surface area contributed by atoms with Crippen molar-refractivity contribution in [2.24, 2.45) is 5.73 Å². The van der Waals surface area contributed by atoms with Crippen molar-refractivity contribution < 1.29 is 0 Å². The van der Waals surface area contributed by atoms with Gasteiger partial charge in [0.1, 0.15) is 0 Å². The van der Waals surface area contributed by atoms with Gasteiger partial charge in [-0.25, -0.2) is 0 Å². The molecule has 0 fully saturated rings. The SMILES string of the molecule is CCC(C)NC(CN)c1cc(C)c(C)cc1C. The smallest absolute Gasteiger partial charge is 0.0449 e. The van der Waals surface area contributed by atoms with Gasteiger partial charge in [-0.2, -0.15) is 0 Å². The van der Waals surface area contributed by atoms with Gasteiger partial charge in [0, 0.05) is 18.6 Å². The van der Waals surface area contributed by atoms with Gasteiger partial charge in [0.05, 0.1) is 0 Å². The summed E-state index contributed by atoms with van der Waals surface area (Å²) in [5.74, 6) is 0. The van der Waals surface area contributed by atoms with E-state index >= 15 is 0 Å². The molecule has 2 unspecified atom stereocenters. The van der Waals surface area contributed by atoms with Gasteiger partial charge in [-0.15, -0.1) is 0 Å². The molecule has 0 aliphatic carbocycles. The predicted molar refractivity (Wildman–Crippen MR) is 75.3 cm³/mol. The summed E-state index contributed by atoms with van der Waals surface area (Å²) >= 11 is 0. The van der Waals surface area contributed by atoms with E-state index in [1.54, 1.807) is 0 Å². The highest BCUT2D eigenvalue weighted by Crippen LogP contribution is 2.22. The first kappa shape index (κ1) is 14.2. The van der Waals surface area contributed by atoms with Crippen LogP contribution in [-0.4, -0.2) is 12.6 Å². The van der Waals surface area contributed by atoms with E-state index in [9.17, 15) is 0 Å². The molecule has 0 aliphatic heterocycles. The number of rotatable bonds is 5. The summed E-state index contributed by atoms with van der Waals surface area (Å²) < 4.78 is 0. The van der Waals surface area contributed by atoms with Crippen molar-refractivity contribution in [3.05, 3.63) is 34.4 Å². The average molecular weight is 234 g/mol. The molecule has 0 spiro atoms. The van der Waals surface area contributed by atoms with Gasteiger partial charge in [-0.3, -0.25) is 0 Å². The first-order chi connectivity index (χ1) is 7.99. The van der Waals surface area contributed by atoms with E-state index in [2.05, 4.69) is 52.1 Å². The Morgan fingerprint density at radius 2 is 1.71 bits per heavy atom. The molecule has 0 saturated carbocycles. The fraction of sp³-hybridized carbons (Fsp3) is 0.600. The van der Waals surface area contributed by atoms with E-state index in [-0.39, 0.29) is 6.04 Å². The van der Waals surface area contributed by atoms with E-state index in [1.807, 2.05) is 0 Å². The summed E-state index contributed by atoms with van der Waals surface area (Å²) in [5.41, 5.74) is 11.3. The third-order valence-corrected chi connectivity index (χ3v) is 3.59. The van der Waals surface area contributed by atoms with Crippen LogP contribution in [-0.2, 0) is 0 Å².